The summed E-state index contributed by atoms with van der Waals surface area (Å²) in [5.74, 6) is 2.01. The van der Waals surface area contributed by atoms with Crippen molar-refractivity contribution in [3.05, 3.63) is 130 Å². The van der Waals surface area contributed by atoms with Crippen LogP contribution in [0, 0.1) is 5.92 Å². The Hall–Kier alpha value is -4.21. The van der Waals surface area contributed by atoms with Gasteiger partial charge < -0.3 is 0 Å². The van der Waals surface area contributed by atoms with Gasteiger partial charge in [-0.1, -0.05) is 98.0 Å². The van der Waals surface area contributed by atoms with Crippen LogP contribution in [0.1, 0.15) is 52.9 Å². The predicted molar refractivity (Wildman–Crippen MR) is 170 cm³/mol. The highest BCUT2D eigenvalue weighted by Gasteiger charge is 2.25. The highest BCUT2D eigenvalue weighted by atomic mass is 32.1. The number of nitrogens with zero attached hydrogens (tertiary/aromatic N) is 2. The fourth-order valence-electron chi connectivity index (χ4n) is 6.70. The maximum absolute atomic E-state index is 5.37. The summed E-state index contributed by atoms with van der Waals surface area (Å²) >= 11 is 1.92. The number of rotatable bonds is 3. The third-order valence-electron chi connectivity index (χ3n) is 8.73. The molecule has 2 atom stereocenters. The van der Waals surface area contributed by atoms with Crippen molar-refractivity contribution >= 4 is 44.5 Å². The van der Waals surface area contributed by atoms with E-state index in [1.54, 1.807) is 0 Å². The Labute approximate surface area is 239 Å². The van der Waals surface area contributed by atoms with Crippen LogP contribution in [0.2, 0.25) is 0 Å². The van der Waals surface area contributed by atoms with Crippen molar-refractivity contribution in [2.75, 3.05) is 0 Å². The first-order valence-corrected chi connectivity index (χ1v) is 15.1. The number of pyridine rings is 1. The third-order valence-corrected chi connectivity index (χ3v) is 9.92. The van der Waals surface area contributed by atoms with Crippen molar-refractivity contribution in [3.63, 3.8) is 0 Å². The van der Waals surface area contributed by atoms with Crippen LogP contribution in [-0.2, 0) is 6.42 Å². The molecule has 194 valence electrons. The molecule has 0 saturated carbocycles. The Bertz CT molecular complexity index is 1950. The van der Waals surface area contributed by atoms with Gasteiger partial charge in [0, 0.05) is 44.1 Å². The summed E-state index contributed by atoms with van der Waals surface area (Å²) in [7, 11) is 0. The number of thiophene rings is 1. The van der Waals surface area contributed by atoms with Crippen molar-refractivity contribution in [3.8, 4) is 17.1 Å². The van der Waals surface area contributed by atoms with Crippen LogP contribution < -0.4 is 0 Å². The number of fused-ring (bicyclic) bond motifs is 6. The highest BCUT2D eigenvalue weighted by molar-refractivity contribution is 7.19. The minimum Gasteiger partial charge on any atom is -0.297 e. The molecule has 0 fully saturated rings. The van der Waals surface area contributed by atoms with Gasteiger partial charge in [-0.25, -0.2) is 4.98 Å². The van der Waals surface area contributed by atoms with E-state index in [2.05, 4.69) is 127 Å². The maximum atomic E-state index is 5.37. The first-order chi connectivity index (χ1) is 19.7. The molecule has 2 unspecified atom stereocenters. The van der Waals surface area contributed by atoms with Crippen LogP contribution in [0.15, 0.2) is 103 Å². The summed E-state index contributed by atoms with van der Waals surface area (Å²) in [4.78, 5) is 6.79. The minimum atomic E-state index is 0.396. The Morgan fingerprint density at radius 2 is 1.60 bits per heavy atom. The van der Waals surface area contributed by atoms with Gasteiger partial charge in [0.25, 0.3) is 0 Å². The van der Waals surface area contributed by atoms with Crippen molar-refractivity contribution < 1.29 is 0 Å². The summed E-state index contributed by atoms with van der Waals surface area (Å²) in [6.45, 7) is 2.39. The van der Waals surface area contributed by atoms with Crippen LogP contribution >= 0.6 is 11.3 Å². The molecule has 0 spiro atoms. The molecule has 2 nitrogen and oxygen atoms in total. The van der Waals surface area contributed by atoms with E-state index in [-0.39, 0.29) is 0 Å². The fraction of sp³-hybridized carbons (Fsp3) is 0.162. The van der Waals surface area contributed by atoms with E-state index in [1.165, 1.54) is 61.1 Å². The van der Waals surface area contributed by atoms with Gasteiger partial charge in [0.2, 0.25) is 0 Å². The minimum absolute atomic E-state index is 0.396. The summed E-state index contributed by atoms with van der Waals surface area (Å²) in [5.41, 5.74) is 8.76. The van der Waals surface area contributed by atoms with E-state index in [4.69, 9.17) is 4.98 Å². The molecule has 8 rings (SSSR count). The van der Waals surface area contributed by atoms with Gasteiger partial charge >= 0.3 is 0 Å². The molecule has 3 aromatic carbocycles. The third kappa shape index (κ3) is 3.80. The molecule has 3 aromatic heterocycles. The number of allylic oxidation sites excluding steroid dienone is 2. The van der Waals surface area contributed by atoms with E-state index in [1.807, 2.05) is 11.3 Å². The lowest BCUT2D eigenvalue weighted by molar-refractivity contribution is 0.469. The number of benzene rings is 3. The van der Waals surface area contributed by atoms with Gasteiger partial charge in [0.1, 0.15) is 5.82 Å². The molecule has 2 aliphatic carbocycles. The van der Waals surface area contributed by atoms with E-state index in [0.29, 0.717) is 11.8 Å². The Morgan fingerprint density at radius 3 is 2.48 bits per heavy atom. The van der Waals surface area contributed by atoms with Crippen LogP contribution in [0.25, 0.3) is 50.2 Å². The smallest absolute Gasteiger partial charge is 0.138 e. The highest BCUT2D eigenvalue weighted by Crippen LogP contribution is 2.42. The molecule has 6 aromatic rings. The molecule has 0 saturated heterocycles. The van der Waals surface area contributed by atoms with Gasteiger partial charge in [0.15, 0.2) is 0 Å². The van der Waals surface area contributed by atoms with Gasteiger partial charge in [-0.15, -0.1) is 11.3 Å². The summed E-state index contributed by atoms with van der Waals surface area (Å²) in [6, 6.07) is 33.0. The number of aromatic nitrogens is 2. The van der Waals surface area contributed by atoms with E-state index >= 15 is 0 Å². The number of para-hydroxylation sites is 1. The zero-order valence-electron chi connectivity index (χ0n) is 22.5. The van der Waals surface area contributed by atoms with Gasteiger partial charge in [-0.05, 0) is 59.5 Å². The Morgan fingerprint density at radius 1 is 0.825 bits per heavy atom. The number of hydrogen-bond acceptors (Lipinski definition) is 2. The molecule has 3 heteroatoms. The first-order valence-electron chi connectivity index (χ1n) is 14.3. The monoisotopic (exact) mass is 534 g/mol. The van der Waals surface area contributed by atoms with Crippen molar-refractivity contribution in [1.29, 1.82) is 0 Å². The standard InChI is InChI=1S/C37H30N2S/c1-24-11-5-6-14-27(24)26-21-32(25-12-3-2-4-13-25)38-37(22-26)39-33-17-9-7-15-28(33)29-19-20-31-30-16-8-10-18-35(30)40-36(31)23-34(29)39/h2-4,6-10,12-22,24,27H,5,11,23H2,1H3. The van der Waals surface area contributed by atoms with E-state index in [9.17, 15) is 0 Å². The van der Waals surface area contributed by atoms with Gasteiger partial charge in [-0.3, -0.25) is 4.57 Å². The SMILES string of the molecule is CC1CCC=CC1c1cc(-c2ccccc2)nc(-n2c3c(c4ccccc42)C=Cc2c(sc4ccccc24)C3)c1. The van der Waals surface area contributed by atoms with Crippen molar-refractivity contribution in [1.82, 2.24) is 9.55 Å². The van der Waals surface area contributed by atoms with Crippen LogP contribution in [0.5, 0.6) is 0 Å². The molecule has 0 N–H and O–H groups in total. The molecule has 3 heterocycles. The van der Waals surface area contributed by atoms with Gasteiger partial charge in [-0.2, -0.15) is 0 Å². The molecule has 2 aliphatic rings. The van der Waals surface area contributed by atoms with Crippen molar-refractivity contribution in [2.45, 2.75) is 32.1 Å². The van der Waals surface area contributed by atoms with Crippen LogP contribution in [-0.4, -0.2) is 9.55 Å². The molecular weight excluding hydrogens is 504 g/mol. The zero-order valence-corrected chi connectivity index (χ0v) is 23.4. The predicted octanol–water partition coefficient (Wildman–Crippen LogP) is 10.1. The second-order valence-corrected chi connectivity index (χ2v) is 12.3. The Balaban J connectivity index is 1.39. The molecule has 0 amide bonds. The van der Waals surface area contributed by atoms with Gasteiger partial charge in [0.05, 0.1) is 11.2 Å². The lowest BCUT2D eigenvalue weighted by Gasteiger charge is -2.26. The molecule has 0 bridgehead atoms. The Kier molecular flexibility index (Phi) is 5.60. The summed E-state index contributed by atoms with van der Waals surface area (Å²) < 4.78 is 3.80. The fourth-order valence-corrected chi connectivity index (χ4v) is 7.90. The summed E-state index contributed by atoms with van der Waals surface area (Å²) in [5, 5.41) is 2.64. The van der Waals surface area contributed by atoms with Crippen LogP contribution in [0.3, 0.4) is 0 Å². The largest absolute Gasteiger partial charge is 0.297 e. The summed E-state index contributed by atoms with van der Waals surface area (Å²) in [6.07, 6.45) is 12.7. The number of hydrogen-bond donors (Lipinski definition) is 0. The quantitative estimate of drug-likeness (QED) is 0.206. The maximum Gasteiger partial charge on any atom is 0.138 e. The lowest BCUT2D eigenvalue weighted by Crippen LogP contribution is -2.13. The average molecular weight is 535 g/mol. The molecule has 0 aliphatic heterocycles. The lowest BCUT2D eigenvalue weighted by atomic mass is 9.80. The topological polar surface area (TPSA) is 17.8 Å². The first kappa shape index (κ1) is 23.7. The van der Waals surface area contributed by atoms with Crippen molar-refractivity contribution in [2.24, 2.45) is 5.92 Å². The zero-order chi connectivity index (χ0) is 26.6. The normalized spacial score (nSPS) is 18.1. The average Bonchev–Trinajstić information content (AvgIpc) is 3.44. The molecule has 0 radical (unpaired) electrons. The molecule has 40 heavy (non-hydrogen) atoms. The van der Waals surface area contributed by atoms with E-state index < -0.39 is 0 Å². The second kappa shape index (κ2) is 9.46. The second-order valence-electron chi connectivity index (χ2n) is 11.2. The van der Waals surface area contributed by atoms with E-state index in [0.717, 1.165) is 23.5 Å². The van der Waals surface area contributed by atoms with Crippen LogP contribution in [0.4, 0.5) is 0 Å². The molecular formula is C37H30N2S.